The van der Waals surface area contributed by atoms with E-state index >= 15 is 0 Å². The molecule has 1 aromatic carbocycles. The molecular weight excluding hydrogens is 244 g/mol. The average Bonchev–Trinajstić information content (AvgIpc) is 2.80. The largest absolute Gasteiger partial charge is 0.355 e. The molecule has 2 rings (SSSR count). The predicted molar refractivity (Wildman–Crippen MR) is 61.4 cm³/mol. The van der Waals surface area contributed by atoms with Crippen molar-refractivity contribution in [2.24, 2.45) is 0 Å². The molecule has 0 unspecified atom stereocenters. The van der Waals surface area contributed by atoms with Gasteiger partial charge in [0, 0.05) is 16.7 Å². The summed E-state index contributed by atoms with van der Waals surface area (Å²) in [5.74, 6) is 0.0272. The second kappa shape index (κ2) is 4.99. The van der Waals surface area contributed by atoms with Gasteiger partial charge in [-0.1, -0.05) is 16.8 Å². The number of benzene rings is 1. The highest BCUT2D eigenvalue weighted by molar-refractivity contribution is 6.30. The number of nitrogens with zero attached hydrogens (tertiary/aromatic N) is 1. The lowest BCUT2D eigenvalue weighted by Crippen LogP contribution is -2.21. The van der Waals surface area contributed by atoms with Crippen LogP contribution in [-0.4, -0.2) is 18.2 Å². The number of carbonyl (C=O) groups excluding carboxylic acids is 1. The number of aromatic nitrogens is 1. The average molecular weight is 253 g/mol. The van der Waals surface area contributed by atoms with Crippen LogP contribution in [0.5, 0.6) is 0 Å². The quantitative estimate of drug-likeness (QED) is 0.852. The van der Waals surface area contributed by atoms with E-state index in [9.17, 15) is 4.79 Å². The first-order valence-corrected chi connectivity index (χ1v) is 5.14. The Morgan fingerprint density at radius 3 is 2.76 bits per heavy atom. The van der Waals surface area contributed by atoms with Gasteiger partial charge in [-0.2, -0.15) is 0 Å². The van der Waals surface area contributed by atoms with Gasteiger partial charge in [0.15, 0.2) is 11.5 Å². The number of hydrogen-bond acceptors (Lipinski definition) is 4. The fraction of sp³-hybridized carbons (Fsp3) is 0.0909. The Morgan fingerprint density at radius 2 is 2.12 bits per heavy atom. The van der Waals surface area contributed by atoms with Crippen LogP contribution in [-0.2, 0) is 4.84 Å². The number of carbonyl (C=O) groups is 1. The Kier molecular flexibility index (Phi) is 3.41. The van der Waals surface area contributed by atoms with Crippen LogP contribution in [0, 0.1) is 0 Å². The monoisotopic (exact) mass is 252 g/mol. The van der Waals surface area contributed by atoms with Crippen molar-refractivity contribution in [2.45, 2.75) is 0 Å². The van der Waals surface area contributed by atoms with E-state index in [0.29, 0.717) is 10.8 Å². The fourth-order valence-corrected chi connectivity index (χ4v) is 1.40. The van der Waals surface area contributed by atoms with E-state index in [0.717, 1.165) is 5.56 Å². The lowest BCUT2D eigenvalue weighted by Gasteiger charge is -1.95. The van der Waals surface area contributed by atoms with Crippen LogP contribution in [0.1, 0.15) is 10.5 Å². The maximum atomic E-state index is 11.4. The standard InChI is InChI=1S/C11H9ClN2O3/c1-16-14-11(15)9-6-10(17-13-9)7-2-4-8(12)5-3-7/h2-6H,1H3,(H,14,15). The number of rotatable bonds is 3. The first kappa shape index (κ1) is 11.6. The summed E-state index contributed by atoms with van der Waals surface area (Å²) in [5, 5.41) is 4.26. The molecule has 0 radical (unpaired) electrons. The summed E-state index contributed by atoms with van der Waals surface area (Å²) >= 11 is 5.77. The van der Waals surface area contributed by atoms with E-state index in [1.54, 1.807) is 24.3 Å². The number of halogens is 1. The van der Waals surface area contributed by atoms with E-state index in [-0.39, 0.29) is 5.69 Å². The maximum absolute atomic E-state index is 11.4. The highest BCUT2D eigenvalue weighted by Crippen LogP contribution is 2.22. The second-order valence-electron chi connectivity index (χ2n) is 3.22. The Labute approximate surface area is 102 Å². The normalized spacial score (nSPS) is 10.2. The molecule has 0 aliphatic carbocycles. The minimum absolute atomic E-state index is 0.150. The number of amides is 1. The molecule has 0 fully saturated rings. The van der Waals surface area contributed by atoms with Crippen molar-refractivity contribution in [3.8, 4) is 11.3 Å². The molecule has 88 valence electrons. The van der Waals surface area contributed by atoms with Crippen molar-refractivity contribution >= 4 is 17.5 Å². The molecule has 0 spiro atoms. The van der Waals surface area contributed by atoms with Gasteiger partial charge >= 0.3 is 0 Å². The summed E-state index contributed by atoms with van der Waals surface area (Å²) in [5.41, 5.74) is 3.09. The molecule has 0 atom stereocenters. The Bertz CT molecular complexity index is 522. The van der Waals surface area contributed by atoms with E-state index in [4.69, 9.17) is 16.1 Å². The lowest BCUT2D eigenvalue weighted by molar-refractivity contribution is 0.0528. The first-order valence-electron chi connectivity index (χ1n) is 4.76. The van der Waals surface area contributed by atoms with E-state index in [1.165, 1.54) is 13.2 Å². The van der Waals surface area contributed by atoms with Crippen molar-refractivity contribution in [1.82, 2.24) is 10.6 Å². The number of hydrogen-bond donors (Lipinski definition) is 1. The summed E-state index contributed by atoms with van der Waals surface area (Å²) < 4.78 is 5.05. The highest BCUT2D eigenvalue weighted by atomic mass is 35.5. The summed E-state index contributed by atoms with van der Waals surface area (Å²) in [7, 11) is 1.35. The van der Waals surface area contributed by atoms with Crippen molar-refractivity contribution in [3.05, 3.63) is 41.0 Å². The molecule has 0 bridgehead atoms. The van der Waals surface area contributed by atoms with Crippen LogP contribution in [0.4, 0.5) is 0 Å². The van der Waals surface area contributed by atoms with Crippen LogP contribution >= 0.6 is 11.6 Å². The zero-order valence-corrected chi connectivity index (χ0v) is 9.69. The SMILES string of the molecule is CONC(=O)c1cc(-c2ccc(Cl)cc2)on1. The van der Waals surface area contributed by atoms with Gasteiger partial charge in [0.25, 0.3) is 5.91 Å². The summed E-state index contributed by atoms with van der Waals surface area (Å²) in [6.45, 7) is 0. The molecule has 1 N–H and O–H groups in total. The molecule has 0 aliphatic rings. The molecule has 0 saturated heterocycles. The summed E-state index contributed by atoms with van der Waals surface area (Å²) in [6, 6.07) is 8.54. The predicted octanol–water partition coefficient (Wildman–Crippen LogP) is 2.29. The van der Waals surface area contributed by atoms with Gasteiger partial charge < -0.3 is 4.52 Å². The van der Waals surface area contributed by atoms with Crippen LogP contribution in [0.2, 0.25) is 5.02 Å². The van der Waals surface area contributed by atoms with Crippen molar-refractivity contribution < 1.29 is 14.2 Å². The topological polar surface area (TPSA) is 64.4 Å². The Hall–Kier alpha value is -1.85. The molecule has 1 heterocycles. The summed E-state index contributed by atoms with van der Waals surface area (Å²) in [4.78, 5) is 15.9. The van der Waals surface area contributed by atoms with Crippen molar-refractivity contribution in [2.75, 3.05) is 7.11 Å². The first-order chi connectivity index (χ1) is 8.20. The third-order valence-corrected chi connectivity index (χ3v) is 2.32. The van der Waals surface area contributed by atoms with Crippen molar-refractivity contribution in [1.29, 1.82) is 0 Å². The molecule has 2 aromatic rings. The minimum Gasteiger partial charge on any atom is -0.355 e. The number of nitrogens with one attached hydrogen (secondary N) is 1. The molecule has 0 saturated carbocycles. The van der Waals surface area contributed by atoms with Crippen LogP contribution in [0.3, 0.4) is 0 Å². The Balaban J connectivity index is 2.23. The van der Waals surface area contributed by atoms with E-state index in [1.807, 2.05) is 0 Å². The minimum atomic E-state index is -0.462. The highest BCUT2D eigenvalue weighted by Gasteiger charge is 2.13. The smallest absolute Gasteiger partial charge is 0.297 e. The van der Waals surface area contributed by atoms with Gasteiger partial charge in [0.05, 0.1) is 7.11 Å². The van der Waals surface area contributed by atoms with Gasteiger partial charge in [0.1, 0.15) is 0 Å². The summed E-state index contributed by atoms with van der Waals surface area (Å²) in [6.07, 6.45) is 0. The maximum Gasteiger partial charge on any atom is 0.297 e. The fourth-order valence-electron chi connectivity index (χ4n) is 1.28. The zero-order valence-electron chi connectivity index (χ0n) is 8.94. The van der Waals surface area contributed by atoms with Gasteiger partial charge in [-0.05, 0) is 24.3 Å². The number of hydroxylamine groups is 1. The third-order valence-electron chi connectivity index (χ3n) is 2.07. The van der Waals surface area contributed by atoms with Gasteiger partial charge in [-0.3, -0.25) is 9.63 Å². The van der Waals surface area contributed by atoms with Gasteiger partial charge in [0.2, 0.25) is 0 Å². The zero-order chi connectivity index (χ0) is 12.3. The molecule has 0 aliphatic heterocycles. The molecule has 1 aromatic heterocycles. The third kappa shape index (κ3) is 2.64. The van der Waals surface area contributed by atoms with Crippen LogP contribution < -0.4 is 5.48 Å². The lowest BCUT2D eigenvalue weighted by atomic mass is 10.1. The van der Waals surface area contributed by atoms with E-state index < -0.39 is 5.91 Å². The second-order valence-corrected chi connectivity index (χ2v) is 3.66. The van der Waals surface area contributed by atoms with E-state index in [2.05, 4.69) is 15.5 Å². The van der Waals surface area contributed by atoms with Gasteiger partial charge in [-0.15, -0.1) is 0 Å². The van der Waals surface area contributed by atoms with Gasteiger partial charge in [-0.25, -0.2) is 5.48 Å². The molecular formula is C11H9ClN2O3. The Morgan fingerprint density at radius 1 is 1.41 bits per heavy atom. The molecule has 6 heteroatoms. The molecule has 5 nitrogen and oxygen atoms in total. The van der Waals surface area contributed by atoms with Crippen molar-refractivity contribution in [3.63, 3.8) is 0 Å². The molecule has 1 amide bonds. The van der Waals surface area contributed by atoms with Crippen LogP contribution in [0.15, 0.2) is 34.9 Å². The molecule has 17 heavy (non-hydrogen) atoms. The van der Waals surface area contributed by atoms with Crippen LogP contribution in [0.25, 0.3) is 11.3 Å².